The normalized spacial score (nSPS) is 8.57. The minimum atomic E-state index is -0.220. The highest BCUT2D eigenvalue weighted by Crippen LogP contribution is 2.16. The Balaban J connectivity index is 0.000000791. The molecule has 0 N–H and O–H groups in total. The van der Waals surface area contributed by atoms with Crippen molar-refractivity contribution in [1.82, 2.24) is 0 Å². The van der Waals surface area contributed by atoms with Crippen molar-refractivity contribution in [1.29, 1.82) is 0 Å². The molecule has 0 spiro atoms. The smallest absolute Gasteiger partial charge is 0.310 e. The van der Waals surface area contributed by atoms with Crippen LogP contribution in [-0.4, -0.2) is 13.1 Å². The molecule has 0 aromatic heterocycles. The summed E-state index contributed by atoms with van der Waals surface area (Å²) >= 11 is 3.35. The fourth-order valence-electron chi connectivity index (χ4n) is 0.869. The summed E-state index contributed by atoms with van der Waals surface area (Å²) in [4.78, 5) is 10.9. The van der Waals surface area contributed by atoms with Crippen LogP contribution < -0.4 is 0 Å². The first kappa shape index (κ1) is 13.2. The lowest BCUT2D eigenvalue weighted by atomic mass is 10.2. The number of carbonyl (C=O) groups is 1. The van der Waals surface area contributed by atoms with Gasteiger partial charge in [-0.3, -0.25) is 4.79 Å². The van der Waals surface area contributed by atoms with Gasteiger partial charge in [0.15, 0.2) is 0 Å². The summed E-state index contributed by atoms with van der Waals surface area (Å²) in [5.74, 6) is -0.220. The summed E-state index contributed by atoms with van der Waals surface area (Å²) in [6, 6.07) is 7.59. The number of ether oxygens (including phenoxy) is 1. The highest BCUT2D eigenvalue weighted by Gasteiger charge is 2.04. The monoisotopic (exact) mass is 258 g/mol. The number of hydrogen-bond donors (Lipinski definition) is 0. The van der Waals surface area contributed by atoms with E-state index in [0.717, 1.165) is 10.0 Å². The molecule has 1 aromatic carbocycles. The van der Waals surface area contributed by atoms with E-state index in [1.165, 1.54) is 7.11 Å². The highest BCUT2D eigenvalue weighted by molar-refractivity contribution is 9.10. The van der Waals surface area contributed by atoms with Crippen molar-refractivity contribution < 1.29 is 9.53 Å². The molecule has 0 unspecified atom stereocenters. The second-order valence-corrected chi connectivity index (χ2v) is 3.20. The summed E-state index contributed by atoms with van der Waals surface area (Å²) in [7, 11) is 1.39. The molecule has 0 fully saturated rings. The van der Waals surface area contributed by atoms with E-state index < -0.39 is 0 Å². The van der Waals surface area contributed by atoms with Gasteiger partial charge in [0.05, 0.1) is 13.5 Å². The standard InChI is InChI=1S/C9H9BrO2.C2H6/c1-12-9(11)6-7-4-2-3-5-8(7)10;1-2/h2-5H,6H2,1H3;1-2H3. The fourth-order valence-corrected chi connectivity index (χ4v) is 1.29. The molecule has 0 bridgehead atoms. The van der Waals surface area contributed by atoms with E-state index in [0.29, 0.717) is 6.42 Å². The van der Waals surface area contributed by atoms with Crippen LogP contribution in [-0.2, 0) is 16.0 Å². The van der Waals surface area contributed by atoms with E-state index in [1.807, 2.05) is 38.1 Å². The van der Waals surface area contributed by atoms with Gasteiger partial charge in [0.25, 0.3) is 0 Å². The lowest BCUT2D eigenvalue weighted by Gasteiger charge is -2.01. The van der Waals surface area contributed by atoms with Crippen LogP contribution in [0, 0.1) is 0 Å². The molecule has 1 aromatic rings. The van der Waals surface area contributed by atoms with Gasteiger partial charge in [-0.2, -0.15) is 0 Å². The lowest BCUT2D eigenvalue weighted by Crippen LogP contribution is -2.04. The lowest BCUT2D eigenvalue weighted by molar-refractivity contribution is -0.139. The molecule has 0 saturated carbocycles. The van der Waals surface area contributed by atoms with Crippen molar-refractivity contribution in [3.05, 3.63) is 34.3 Å². The van der Waals surface area contributed by atoms with Crippen LogP contribution in [0.2, 0.25) is 0 Å². The van der Waals surface area contributed by atoms with E-state index in [1.54, 1.807) is 0 Å². The highest BCUT2D eigenvalue weighted by atomic mass is 79.9. The molecule has 14 heavy (non-hydrogen) atoms. The van der Waals surface area contributed by atoms with Crippen LogP contribution in [0.4, 0.5) is 0 Å². The summed E-state index contributed by atoms with van der Waals surface area (Å²) in [5, 5.41) is 0. The predicted molar refractivity (Wildman–Crippen MR) is 61.2 cm³/mol. The quantitative estimate of drug-likeness (QED) is 0.762. The van der Waals surface area contributed by atoms with Crippen molar-refractivity contribution >= 4 is 21.9 Å². The maximum absolute atomic E-state index is 10.9. The Hall–Kier alpha value is -0.830. The topological polar surface area (TPSA) is 26.3 Å². The van der Waals surface area contributed by atoms with E-state index in [2.05, 4.69) is 20.7 Å². The van der Waals surface area contributed by atoms with Crippen molar-refractivity contribution in [3.63, 3.8) is 0 Å². The summed E-state index contributed by atoms with van der Waals surface area (Å²) in [6.45, 7) is 4.00. The molecule has 0 heterocycles. The number of carbonyl (C=O) groups excluding carboxylic acids is 1. The maximum Gasteiger partial charge on any atom is 0.310 e. The number of esters is 1. The minimum absolute atomic E-state index is 0.220. The Morgan fingerprint density at radius 3 is 2.43 bits per heavy atom. The van der Waals surface area contributed by atoms with Crippen LogP contribution >= 0.6 is 15.9 Å². The van der Waals surface area contributed by atoms with E-state index in [4.69, 9.17) is 0 Å². The molecule has 0 aliphatic heterocycles. The third kappa shape index (κ3) is 4.42. The summed E-state index contributed by atoms with van der Waals surface area (Å²) in [6.07, 6.45) is 0.317. The van der Waals surface area contributed by atoms with E-state index in [-0.39, 0.29) is 5.97 Å². The summed E-state index contributed by atoms with van der Waals surface area (Å²) < 4.78 is 5.49. The molecule has 2 nitrogen and oxygen atoms in total. The molecule has 0 radical (unpaired) electrons. The Morgan fingerprint density at radius 1 is 1.36 bits per heavy atom. The zero-order valence-electron chi connectivity index (χ0n) is 8.71. The maximum atomic E-state index is 10.9. The third-order valence-corrected chi connectivity index (χ3v) is 2.29. The van der Waals surface area contributed by atoms with Gasteiger partial charge in [-0.1, -0.05) is 48.0 Å². The number of hydrogen-bond acceptors (Lipinski definition) is 2. The second-order valence-electron chi connectivity index (χ2n) is 2.34. The molecule has 0 aliphatic rings. The predicted octanol–water partition coefficient (Wildman–Crippen LogP) is 3.19. The number of methoxy groups -OCH3 is 1. The molecule has 78 valence electrons. The third-order valence-electron chi connectivity index (χ3n) is 1.52. The first-order valence-corrected chi connectivity index (χ1v) is 5.33. The minimum Gasteiger partial charge on any atom is -0.469 e. The van der Waals surface area contributed by atoms with Gasteiger partial charge < -0.3 is 4.74 Å². The van der Waals surface area contributed by atoms with Crippen LogP contribution in [0.25, 0.3) is 0 Å². The van der Waals surface area contributed by atoms with Crippen LogP contribution in [0.3, 0.4) is 0 Å². The Kier molecular flexibility index (Phi) is 7.11. The van der Waals surface area contributed by atoms with E-state index in [9.17, 15) is 4.79 Å². The number of halogens is 1. The van der Waals surface area contributed by atoms with Gasteiger partial charge in [0.1, 0.15) is 0 Å². The largest absolute Gasteiger partial charge is 0.469 e. The molecule has 3 heteroatoms. The van der Waals surface area contributed by atoms with E-state index >= 15 is 0 Å². The number of benzene rings is 1. The van der Waals surface area contributed by atoms with Crippen molar-refractivity contribution in [2.45, 2.75) is 20.3 Å². The molecular formula is C11H15BrO2. The van der Waals surface area contributed by atoms with Crippen molar-refractivity contribution in [2.75, 3.05) is 7.11 Å². The Bertz CT molecular complexity index is 284. The molecule has 1 rings (SSSR count). The molecule has 0 saturated heterocycles. The number of rotatable bonds is 2. The van der Waals surface area contributed by atoms with Crippen LogP contribution in [0.5, 0.6) is 0 Å². The molecule has 0 amide bonds. The first-order chi connectivity index (χ1) is 6.74. The van der Waals surface area contributed by atoms with Gasteiger partial charge in [-0.25, -0.2) is 0 Å². The van der Waals surface area contributed by atoms with Crippen molar-refractivity contribution in [2.24, 2.45) is 0 Å². The second kappa shape index (κ2) is 7.56. The van der Waals surface area contributed by atoms with Crippen molar-refractivity contribution in [3.8, 4) is 0 Å². The SMILES string of the molecule is CC.COC(=O)Cc1ccccc1Br. The van der Waals surface area contributed by atoms with Gasteiger partial charge >= 0.3 is 5.97 Å². The van der Waals surface area contributed by atoms with Gasteiger partial charge in [-0.15, -0.1) is 0 Å². The Morgan fingerprint density at radius 2 is 1.93 bits per heavy atom. The first-order valence-electron chi connectivity index (χ1n) is 4.54. The van der Waals surface area contributed by atoms with Gasteiger partial charge in [0.2, 0.25) is 0 Å². The fraction of sp³-hybridized carbons (Fsp3) is 0.364. The van der Waals surface area contributed by atoms with Gasteiger partial charge in [-0.05, 0) is 11.6 Å². The molecule has 0 aliphatic carbocycles. The average molecular weight is 259 g/mol. The zero-order valence-corrected chi connectivity index (χ0v) is 10.3. The average Bonchev–Trinajstić information content (AvgIpc) is 2.24. The van der Waals surface area contributed by atoms with Gasteiger partial charge in [0, 0.05) is 4.47 Å². The zero-order chi connectivity index (χ0) is 11.0. The molecular weight excluding hydrogens is 244 g/mol. The Labute approximate surface area is 93.4 Å². The molecule has 0 atom stereocenters. The van der Waals surface area contributed by atoms with Crippen LogP contribution in [0.1, 0.15) is 19.4 Å². The van der Waals surface area contributed by atoms with Crippen LogP contribution in [0.15, 0.2) is 28.7 Å². The summed E-state index contributed by atoms with van der Waals surface area (Å²) in [5.41, 5.74) is 0.948.